The zero-order valence-corrected chi connectivity index (χ0v) is 15.3. The Balaban J connectivity index is 1.64. The topological polar surface area (TPSA) is 182 Å². The Morgan fingerprint density at radius 3 is 2.70 bits per heavy atom. The van der Waals surface area contributed by atoms with Crippen LogP contribution in [0.2, 0.25) is 0 Å². The molecular formula is C16H16N10O4. The molecule has 14 heteroatoms. The fraction of sp³-hybridized carbons (Fsp3) is 0.312. The summed E-state index contributed by atoms with van der Waals surface area (Å²) in [6, 6.07) is 5.35. The van der Waals surface area contributed by atoms with Crippen molar-refractivity contribution in [1.82, 2.24) is 44.7 Å². The summed E-state index contributed by atoms with van der Waals surface area (Å²) in [5, 5.41) is 44.0. The van der Waals surface area contributed by atoms with Gasteiger partial charge in [0.2, 0.25) is 0 Å². The lowest BCUT2D eigenvalue weighted by atomic mass is 10.1. The van der Waals surface area contributed by atoms with Gasteiger partial charge in [-0.3, -0.25) is 4.57 Å². The largest absolute Gasteiger partial charge is 0.394 e. The number of pyridine rings is 1. The first-order chi connectivity index (χ1) is 14.7. The molecule has 0 amide bonds. The van der Waals surface area contributed by atoms with Crippen LogP contribution in [0, 0.1) is 0 Å². The monoisotopic (exact) mass is 412 g/mol. The number of hydrogen-bond donors (Lipinski definition) is 4. The van der Waals surface area contributed by atoms with Gasteiger partial charge < -0.3 is 25.4 Å². The van der Waals surface area contributed by atoms with Gasteiger partial charge in [0.25, 0.3) is 5.95 Å². The highest BCUT2D eigenvalue weighted by atomic mass is 16.6. The van der Waals surface area contributed by atoms with Crippen molar-refractivity contribution in [1.29, 1.82) is 0 Å². The molecule has 4 aromatic rings. The normalized spacial score (nSPS) is 23.8. The summed E-state index contributed by atoms with van der Waals surface area (Å²) in [6.07, 6.45) is -0.134. The van der Waals surface area contributed by atoms with Crippen LogP contribution >= 0.6 is 0 Å². The maximum atomic E-state index is 10.4. The van der Waals surface area contributed by atoms with Crippen molar-refractivity contribution in [2.24, 2.45) is 0 Å². The lowest BCUT2D eigenvalue weighted by Gasteiger charge is -2.17. The van der Waals surface area contributed by atoms with Gasteiger partial charge >= 0.3 is 0 Å². The molecule has 5 heterocycles. The summed E-state index contributed by atoms with van der Waals surface area (Å²) < 4.78 is 8.33. The van der Waals surface area contributed by atoms with E-state index >= 15 is 0 Å². The first kappa shape index (κ1) is 18.4. The molecule has 0 aromatic carbocycles. The van der Waals surface area contributed by atoms with E-state index in [1.54, 1.807) is 18.3 Å². The summed E-state index contributed by atoms with van der Waals surface area (Å²) in [5.74, 6) is 0.997. The minimum Gasteiger partial charge on any atom is -0.394 e. The molecule has 1 aliphatic heterocycles. The maximum Gasteiger partial charge on any atom is 0.257 e. The van der Waals surface area contributed by atoms with Crippen LogP contribution in [0.15, 0.2) is 37.1 Å². The maximum absolute atomic E-state index is 10.4. The Morgan fingerprint density at radius 1 is 1.10 bits per heavy atom. The van der Waals surface area contributed by atoms with E-state index in [9.17, 15) is 15.3 Å². The summed E-state index contributed by atoms with van der Waals surface area (Å²) in [7, 11) is 0. The fourth-order valence-electron chi connectivity index (χ4n) is 3.20. The Kier molecular flexibility index (Phi) is 4.51. The quantitative estimate of drug-likeness (QED) is 0.300. The van der Waals surface area contributed by atoms with Crippen molar-refractivity contribution in [2.75, 3.05) is 11.9 Å². The molecule has 0 radical (unpaired) electrons. The molecule has 4 atom stereocenters. The molecule has 0 spiro atoms. The number of aliphatic hydroxyl groups excluding tert-OH is 3. The lowest BCUT2D eigenvalue weighted by Crippen LogP contribution is -2.33. The molecule has 4 N–H and O–H groups in total. The first-order valence-corrected chi connectivity index (χ1v) is 8.94. The molecule has 154 valence electrons. The third kappa shape index (κ3) is 3.03. The van der Waals surface area contributed by atoms with Crippen LogP contribution in [0.25, 0.3) is 17.1 Å². The minimum absolute atomic E-state index is 0.138. The minimum atomic E-state index is -1.29. The zero-order chi connectivity index (χ0) is 20.7. The average molecular weight is 412 g/mol. The molecule has 4 aromatic heterocycles. The standard InChI is InChI=1S/C16H16N10O4/c27-5-8-11(28)12(29)15(30-8)25-6-18-10-13(20-9-3-1-2-4-17-9)21-16(22-14(10)25)26-7-19-23-24-26/h1-4,6-8,11-12,15,27-29H,5H2,(H,17,20,21,22)/t8-,11+,12+,15-/m1/s1. The van der Waals surface area contributed by atoms with Crippen molar-refractivity contribution in [3.8, 4) is 5.95 Å². The number of nitrogens with one attached hydrogen (secondary N) is 1. The van der Waals surface area contributed by atoms with Crippen molar-refractivity contribution in [3.05, 3.63) is 37.1 Å². The smallest absolute Gasteiger partial charge is 0.257 e. The third-order valence-electron chi connectivity index (χ3n) is 4.67. The average Bonchev–Trinajstić information content (AvgIpc) is 3.50. The second kappa shape index (κ2) is 7.34. The molecule has 0 saturated carbocycles. The SMILES string of the molecule is OC[C@H]1O[C@@H](n2cnc3c(Nc4ccccn4)nc(-n4cnnn4)nc32)[C@@H](O)[C@H]1O. The fourth-order valence-corrected chi connectivity index (χ4v) is 3.20. The number of hydrogen-bond acceptors (Lipinski definition) is 12. The van der Waals surface area contributed by atoms with Crippen molar-refractivity contribution in [2.45, 2.75) is 24.5 Å². The zero-order valence-electron chi connectivity index (χ0n) is 15.3. The van der Waals surface area contributed by atoms with E-state index in [4.69, 9.17) is 4.74 Å². The van der Waals surface area contributed by atoms with Crippen LogP contribution in [0.1, 0.15) is 6.23 Å². The van der Waals surface area contributed by atoms with Gasteiger partial charge in [0.15, 0.2) is 23.2 Å². The van der Waals surface area contributed by atoms with Gasteiger partial charge in [-0.15, -0.1) is 5.10 Å². The van der Waals surface area contributed by atoms with Crippen molar-refractivity contribution in [3.63, 3.8) is 0 Å². The second-order valence-corrected chi connectivity index (χ2v) is 6.52. The summed E-state index contributed by atoms with van der Waals surface area (Å²) in [6.45, 7) is -0.446. The number of ether oxygens (including phenoxy) is 1. The van der Waals surface area contributed by atoms with Gasteiger partial charge in [-0.2, -0.15) is 14.6 Å². The predicted octanol–water partition coefficient (Wildman–Crippen LogP) is -1.45. The highest BCUT2D eigenvalue weighted by molar-refractivity contribution is 5.85. The van der Waals surface area contributed by atoms with E-state index < -0.39 is 31.1 Å². The van der Waals surface area contributed by atoms with E-state index in [0.29, 0.717) is 22.8 Å². The van der Waals surface area contributed by atoms with Crippen LogP contribution in [0.3, 0.4) is 0 Å². The summed E-state index contributed by atoms with van der Waals surface area (Å²) in [4.78, 5) is 17.4. The van der Waals surface area contributed by atoms with Gasteiger partial charge in [-0.05, 0) is 22.6 Å². The molecule has 1 saturated heterocycles. The highest BCUT2D eigenvalue weighted by Crippen LogP contribution is 2.33. The number of aromatic nitrogens is 9. The number of tetrazole rings is 1. The predicted molar refractivity (Wildman–Crippen MR) is 98.6 cm³/mol. The Labute approximate surface area is 167 Å². The van der Waals surface area contributed by atoms with E-state index in [1.807, 2.05) is 6.07 Å². The van der Waals surface area contributed by atoms with E-state index in [2.05, 4.69) is 40.8 Å². The molecule has 30 heavy (non-hydrogen) atoms. The molecule has 0 unspecified atom stereocenters. The van der Waals surface area contributed by atoms with Gasteiger partial charge in [-0.1, -0.05) is 6.07 Å². The van der Waals surface area contributed by atoms with E-state index in [0.717, 1.165) is 0 Å². The van der Waals surface area contributed by atoms with Crippen LogP contribution in [0.5, 0.6) is 0 Å². The Hall–Kier alpha value is -3.59. The first-order valence-electron chi connectivity index (χ1n) is 8.94. The number of fused-ring (bicyclic) bond motifs is 1. The molecule has 0 aliphatic carbocycles. The van der Waals surface area contributed by atoms with Crippen LogP contribution < -0.4 is 5.32 Å². The van der Waals surface area contributed by atoms with Crippen molar-refractivity contribution < 1.29 is 20.1 Å². The molecule has 1 aliphatic rings. The van der Waals surface area contributed by atoms with Crippen LogP contribution in [-0.4, -0.2) is 84.9 Å². The second-order valence-electron chi connectivity index (χ2n) is 6.52. The van der Waals surface area contributed by atoms with Gasteiger partial charge in [0.05, 0.1) is 12.9 Å². The molecule has 1 fully saturated rings. The summed E-state index contributed by atoms with van der Waals surface area (Å²) >= 11 is 0. The highest BCUT2D eigenvalue weighted by Gasteiger charge is 2.44. The van der Waals surface area contributed by atoms with Crippen LogP contribution in [-0.2, 0) is 4.74 Å². The number of aliphatic hydroxyl groups is 3. The molecule has 14 nitrogen and oxygen atoms in total. The Morgan fingerprint density at radius 2 is 2.00 bits per heavy atom. The molecular weight excluding hydrogens is 396 g/mol. The third-order valence-corrected chi connectivity index (χ3v) is 4.67. The van der Waals surface area contributed by atoms with Gasteiger partial charge in [0, 0.05) is 6.20 Å². The molecule has 5 rings (SSSR count). The number of rotatable bonds is 5. The number of nitrogens with zero attached hydrogens (tertiary/aromatic N) is 9. The van der Waals surface area contributed by atoms with Gasteiger partial charge in [0.1, 0.15) is 30.5 Å². The van der Waals surface area contributed by atoms with Gasteiger partial charge in [-0.25, -0.2) is 9.97 Å². The van der Waals surface area contributed by atoms with Crippen LogP contribution in [0.4, 0.5) is 11.6 Å². The number of imidazole rings is 1. The number of anilines is 2. The molecule has 0 bridgehead atoms. The Bertz CT molecular complexity index is 1150. The summed E-state index contributed by atoms with van der Waals surface area (Å²) in [5.41, 5.74) is 0.666. The van der Waals surface area contributed by atoms with E-state index in [-0.39, 0.29) is 5.95 Å². The lowest BCUT2D eigenvalue weighted by molar-refractivity contribution is -0.0511. The van der Waals surface area contributed by atoms with Crippen molar-refractivity contribution >= 4 is 22.8 Å². The van der Waals surface area contributed by atoms with E-state index in [1.165, 1.54) is 21.9 Å².